The summed E-state index contributed by atoms with van der Waals surface area (Å²) in [6.07, 6.45) is 4.57. The van der Waals surface area contributed by atoms with Gasteiger partial charge in [0.2, 0.25) is 0 Å². The van der Waals surface area contributed by atoms with Gasteiger partial charge in [0.25, 0.3) is 0 Å². The van der Waals surface area contributed by atoms with Gasteiger partial charge in [-0.25, -0.2) is 4.79 Å². The smallest absolute Gasteiger partial charge is 0.409 e. The Morgan fingerprint density at radius 1 is 1.29 bits per heavy atom. The van der Waals surface area contributed by atoms with Crippen LogP contribution >= 0.6 is 0 Å². The van der Waals surface area contributed by atoms with Crippen molar-refractivity contribution in [3.8, 4) is 0 Å². The number of piperazine rings is 1. The van der Waals surface area contributed by atoms with Crippen molar-refractivity contribution in [2.45, 2.75) is 20.3 Å². The lowest BCUT2D eigenvalue weighted by atomic mass is 10.2. The standard InChI is InChI=1S/C13H22N2O2/c1-4-11-17-13(16)15-9-7-14(8-10-15)12(5-2)6-3/h5-6H,2,4,7-11H2,1,3H3. The Morgan fingerprint density at radius 3 is 2.35 bits per heavy atom. The van der Waals surface area contributed by atoms with Crippen LogP contribution in [0.2, 0.25) is 0 Å². The Bertz CT molecular complexity index is 292. The molecule has 0 aliphatic carbocycles. The summed E-state index contributed by atoms with van der Waals surface area (Å²) in [7, 11) is 0. The number of allylic oxidation sites excluding steroid dienone is 2. The van der Waals surface area contributed by atoms with Gasteiger partial charge in [-0.15, -0.1) is 0 Å². The molecule has 1 amide bonds. The molecule has 1 rings (SSSR count). The molecule has 0 unspecified atom stereocenters. The van der Waals surface area contributed by atoms with Crippen molar-refractivity contribution in [3.63, 3.8) is 0 Å². The molecule has 1 saturated heterocycles. The number of carbonyl (C=O) groups is 1. The Labute approximate surface area is 104 Å². The fourth-order valence-electron chi connectivity index (χ4n) is 1.86. The predicted octanol–water partition coefficient (Wildman–Crippen LogP) is 2.24. The summed E-state index contributed by atoms with van der Waals surface area (Å²) >= 11 is 0. The van der Waals surface area contributed by atoms with Crippen LogP contribution in [-0.4, -0.2) is 48.7 Å². The lowest BCUT2D eigenvalue weighted by Crippen LogP contribution is -2.48. The number of carbonyl (C=O) groups excluding carboxylic acids is 1. The highest BCUT2D eigenvalue weighted by molar-refractivity contribution is 5.67. The maximum Gasteiger partial charge on any atom is 0.409 e. The van der Waals surface area contributed by atoms with E-state index < -0.39 is 0 Å². The van der Waals surface area contributed by atoms with E-state index in [1.54, 1.807) is 4.90 Å². The molecule has 0 aromatic heterocycles. The quantitative estimate of drug-likeness (QED) is 0.704. The van der Waals surface area contributed by atoms with Crippen molar-refractivity contribution in [2.24, 2.45) is 0 Å². The zero-order chi connectivity index (χ0) is 12.7. The minimum Gasteiger partial charge on any atom is -0.449 e. The van der Waals surface area contributed by atoms with Gasteiger partial charge < -0.3 is 14.5 Å². The highest BCUT2D eigenvalue weighted by atomic mass is 16.6. The first-order valence-corrected chi connectivity index (χ1v) is 6.18. The van der Waals surface area contributed by atoms with Crippen LogP contribution in [0.4, 0.5) is 4.79 Å². The molecule has 4 nitrogen and oxygen atoms in total. The molecule has 0 saturated carbocycles. The minimum absolute atomic E-state index is 0.188. The molecule has 1 heterocycles. The van der Waals surface area contributed by atoms with E-state index in [4.69, 9.17) is 4.74 Å². The third-order valence-electron chi connectivity index (χ3n) is 2.84. The van der Waals surface area contributed by atoms with E-state index in [0.29, 0.717) is 19.7 Å². The molecule has 0 radical (unpaired) electrons. The van der Waals surface area contributed by atoms with Crippen molar-refractivity contribution in [1.82, 2.24) is 9.80 Å². The second kappa shape index (κ2) is 6.99. The maximum atomic E-state index is 11.6. The van der Waals surface area contributed by atoms with Crippen LogP contribution in [-0.2, 0) is 4.74 Å². The lowest BCUT2D eigenvalue weighted by molar-refractivity contribution is 0.0838. The van der Waals surface area contributed by atoms with Crippen LogP contribution in [0.1, 0.15) is 20.3 Å². The molecule has 0 aromatic rings. The highest BCUT2D eigenvalue weighted by Crippen LogP contribution is 2.11. The van der Waals surface area contributed by atoms with Gasteiger partial charge in [-0.05, 0) is 19.4 Å². The van der Waals surface area contributed by atoms with Gasteiger partial charge in [-0.3, -0.25) is 0 Å². The third kappa shape index (κ3) is 3.80. The highest BCUT2D eigenvalue weighted by Gasteiger charge is 2.21. The van der Waals surface area contributed by atoms with Crippen molar-refractivity contribution in [1.29, 1.82) is 0 Å². The zero-order valence-corrected chi connectivity index (χ0v) is 10.8. The number of hydrogen-bond donors (Lipinski definition) is 0. The van der Waals surface area contributed by atoms with Crippen LogP contribution in [0.15, 0.2) is 24.4 Å². The molecule has 1 fully saturated rings. The number of ether oxygens (including phenoxy) is 1. The summed E-state index contributed by atoms with van der Waals surface area (Å²) in [5, 5.41) is 0. The molecule has 17 heavy (non-hydrogen) atoms. The summed E-state index contributed by atoms with van der Waals surface area (Å²) in [6, 6.07) is 0. The van der Waals surface area contributed by atoms with Gasteiger partial charge in [0.15, 0.2) is 0 Å². The predicted molar refractivity (Wildman–Crippen MR) is 68.7 cm³/mol. The van der Waals surface area contributed by atoms with E-state index in [1.807, 2.05) is 26.0 Å². The van der Waals surface area contributed by atoms with Crippen LogP contribution < -0.4 is 0 Å². The second-order valence-electron chi connectivity index (χ2n) is 4.01. The summed E-state index contributed by atoms with van der Waals surface area (Å²) in [4.78, 5) is 15.6. The van der Waals surface area contributed by atoms with Gasteiger partial charge in [-0.2, -0.15) is 0 Å². The van der Waals surface area contributed by atoms with E-state index in [1.165, 1.54) is 0 Å². The summed E-state index contributed by atoms with van der Waals surface area (Å²) in [5.41, 5.74) is 1.13. The van der Waals surface area contributed by atoms with Crippen LogP contribution in [0.3, 0.4) is 0 Å². The monoisotopic (exact) mass is 238 g/mol. The first kappa shape index (κ1) is 13.6. The molecule has 96 valence electrons. The van der Waals surface area contributed by atoms with E-state index in [0.717, 1.165) is 25.2 Å². The largest absolute Gasteiger partial charge is 0.449 e. The molecule has 1 aliphatic heterocycles. The maximum absolute atomic E-state index is 11.6. The van der Waals surface area contributed by atoms with Crippen LogP contribution in [0.25, 0.3) is 0 Å². The molecule has 0 aromatic carbocycles. The van der Waals surface area contributed by atoms with E-state index in [-0.39, 0.29) is 6.09 Å². The lowest BCUT2D eigenvalue weighted by Gasteiger charge is -2.35. The van der Waals surface area contributed by atoms with Crippen molar-refractivity contribution in [2.75, 3.05) is 32.8 Å². The van der Waals surface area contributed by atoms with E-state index >= 15 is 0 Å². The number of amides is 1. The fourth-order valence-corrected chi connectivity index (χ4v) is 1.86. The first-order chi connectivity index (χ1) is 8.22. The molecule has 0 N–H and O–H groups in total. The van der Waals surface area contributed by atoms with Crippen molar-refractivity contribution in [3.05, 3.63) is 24.4 Å². The molecule has 1 aliphatic rings. The molecule has 4 heteroatoms. The Hall–Kier alpha value is -1.45. The van der Waals surface area contributed by atoms with Gasteiger partial charge in [0, 0.05) is 31.9 Å². The minimum atomic E-state index is -0.188. The SMILES string of the molecule is C=CC(=CC)N1CCN(C(=O)OCCC)CC1. The van der Waals surface area contributed by atoms with E-state index in [9.17, 15) is 4.79 Å². The number of hydrogen-bond acceptors (Lipinski definition) is 3. The number of rotatable bonds is 4. The molecule has 0 bridgehead atoms. The average Bonchev–Trinajstić information content (AvgIpc) is 2.38. The molecular weight excluding hydrogens is 216 g/mol. The van der Waals surface area contributed by atoms with Crippen molar-refractivity contribution < 1.29 is 9.53 Å². The number of nitrogens with zero attached hydrogens (tertiary/aromatic N) is 2. The summed E-state index contributed by atoms with van der Waals surface area (Å²) < 4.78 is 5.11. The van der Waals surface area contributed by atoms with Crippen LogP contribution in [0, 0.1) is 0 Å². The molecule has 0 atom stereocenters. The Kier molecular flexibility index (Phi) is 5.60. The van der Waals surface area contributed by atoms with Gasteiger partial charge in [-0.1, -0.05) is 19.6 Å². The summed E-state index contributed by atoms with van der Waals surface area (Å²) in [5.74, 6) is 0. The average molecular weight is 238 g/mol. The topological polar surface area (TPSA) is 32.8 Å². The molecule has 0 spiro atoms. The first-order valence-electron chi connectivity index (χ1n) is 6.18. The van der Waals surface area contributed by atoms with Crippen molar-refractivity contribution >= 4 is 6.09 Å². The zero-order valence-electron chi connectivity index (χ0n) is 10.8. The fraction of sp³-hybridized carbons (Fsp3) is 0.615. The van der Waals surface area contributed by atoms with Gasteiger partial charge in [0.05, 0.1) is 6.61 Å². The normalized spacial score (nSPS) is 16.9. The molecular formula is C13H22N2O2. The van der Waals surface area contributed by atoms with Gasteiger partial charge in [0.1, 0.15) is 0 Å². The Morgan fingerprint density at radius 2 is 1.88 bits per heavy atom. The van der Waals surface area contributed by atoms with Crippen LogP contribution in [0.5, 0.6) is 0 Å². The second-order valence-corrected chi connectivity index (χ2v) is 4.01. The Balaban J connectivity index is 2.40. The van der Waals surface area contributed by atoms with E-state index in [2.05, 4.69) is 11.5 Å². The van der Waals surface area contributed by atoms with Gasteiger partial charge >= 0.3 is 6.09 Å². The summed E-state index contributed by atoms with van der Waals surface area (Å²) in [6.45, 7) is 11.4. The third-order valence-corrected chi connectivity index (χ3v) is 2.84.